The van der Waals surface area contributed by atoms with Gasteiger partial charge in [0.1, 0.15) is 6.16 Å². The molecule has 0 aromatic carbocycles. The number of rotatable bonds is 2. The first-order chi connectivity index (χ1) is 12.4. The summed E-state index contributed by atoms with van der Waals surface area (Å²) in [5, 5.41) is 29.0. The lowest BCUT2D eigenvalue weighted by atomic mass is 10.6. The van der Waals surface area contributed by atoms with Crippen molar-refractivity contribution in [1.29, 1.82) is 0 Å². The van der Waals surface area contributed by atoms with Crippen LogP contribution in [0.2, 0.25) is 0 Å². The molecule has 0 bridgehead atoms. The Morgan fingerprint density at radius 1 is 0.654 bits per heavy atom. The van der Waals surface area contributed by atoms with Crippen LogP contribution < -0.4 is 0 Å². The summed E-state index contributed by atoms with van der Waals surface area (Å²) in [6.45, 7) is 0. The third-order valence-corrected chi connectivity index (χ3v) is 2.47. The number of hydrogen-bond donors (Lipinski definition) is 3. The van der Waals surface area contributed by atoms with Crippen LogP contribution in [0.25, 0.3) is 0 Å². The predicted octanol–water partition coefficient (Wildman–Crippen LogP) is 0.678. The summed E-state index contributed by atoms with van der Waals surface area (Å²) in [6.07, 6.45) is 8.74. The summed E-state index contributed by atoms with van der Waals surface area (Å²) < 4.78 is 9.76. The third-order valence-electron chi connectivity index (χ3n) is 1.79. The molecule has 0 unspecified atom stereocenters. The molecule has 0 radical (unpaired) electrons. The highest BCUT2D eigenvalue weighted by atomic mass is 31.2. The fourth-order valence-corrected chi connectivity index (χ4v) is 1.29. The van der Waals surface area contributed by atoms with E-state index in [1.807, 2.05) is 36.4 Å². The molecule has 3 rings (SSSR count). The van der Waals surface area contributed by atoms with Gasteiger partial charge in [0.05, 0.1) is 0 Å². The van der Waals surface area contributed by atoms with Crippen LogP contribution in [0.1, 0.15) is 0 Å². The lowest BCUT2D eigenvalue weighted by molar-refractivity contribution is -0.134. The quantitative estimate of drug-likeness (QED) is 0.533. The molecule has 3 heterocycles. The normalized spacial score (nSPS) is 9.00. The van der Waals surface area contributed by atoms with E-state index in [0.29, 0.717) is 0 Å². The first kappa shape index (κ1) is 22.9. The molecule has 0 atom stereocenters. The summed E-state index contributed by atoms with van der Waals surface area (Å²) in [5.41, 5.74) is 0. The third kappa shape index (κ3) is 20.9. The molecule has 11 nitrogen and oxygen atoms in total. The topological polar surface area (TPSA) is 172 Å². The van der Waals surface area contributed by atoms with Gasteiger partial charge in [-0.1, -0.05) is 0 Å². The van der Waals surface area contributed by atoms with E-state index in [4.69, 9.17) is 14.9 Å². The summed E-state index contributed by atoms with van der Waals surface area (Å²) in [4.78, 5) is 25.4. The second kappa shape index (κ2) is 15.4. The predicted molar refractivity (Wildman–Crippen MR) is 90.6 cm³/mol. The zero-order valence-corrected chi connectivity index (χ0v) is 14.3. The van der Waals surface area contributed by atoms with Gasteiger partial charge in [0, 0.05) is 37.2 Å². The van der Waals surface area contributed by atoms with Crippen LogP contribution in [0.3, 0.4) is 0 Å². The number of carboxylic acid groups (broad SMARTS) is 1. The van der Waals surface area contributed by atoms with Gasteiger partial charge < -0.3 is 14.9 Å². The summed E-state index contributed by atoms with van der Waals surface area (Å²) in [6, 6.07) is 11.0. The van der Waals surface area contributed by atoms with Gasteiger partial charge in [-0.05, 0) is 36.4 Å². The van der Waals surface area contributed by atoms with Crippen molar-refractivity contribution in [3.63, 3.8) is 0 Å². The largest absolute Gasteiger partial charge is 0.481 e. The van der Waals surface area contributed by atoms with Crippen molar-refractivity contribution in [3.05, 3.63) is 73.6 Å². The Labute approximate surface area is 149 Å². The highest BCUT2D eigenvalue weighted by molar-refractivity contribution is 7.52. The van der Waals surface area contributed by atoms with Crippen LogP contribution >= 0.6 is 7.60 Å². The number of carboxylic acids is 1. The molecular formula is C14H17N6O5P. The summed E-state index contributed by atoms with van der Waals surface area (Å²) in [7, 11) is -4.32. The Bertz CT molecular complexity index is 563. The van der Waals surface area contributed by atoms with Gasteiger partial charge in [-0.2, -0.15) is 30.6 Å². The van der Waals surface area contributed by atoms with Gasteiger partial charge in [-0.15, -0.1) is 0 Å². The molecule has 0 saturated carbocycles. The molecule has 3 aromatic heterocycles. The minimum atomic E-state index is -4.32. The van der Waals surface area contributed by atoms with Crippen LogP contribution in [0.5, 0.6) is 0 Å². The summed E-state index contributed by atoms with van der Waals surface area (Å²) >= 11 is 0. The van der Waals surface area contributed by atoms with Gasteiger partial charge in [0.25, 0.3) is 0 Å². The SMILES string of the molecule is O=C(O)CP(=O)(O)O.c1ccnnc1.c1ccnnc1.c1ccnnc1. The Morgan fingerprint density at radius 2 is 0.885 bits per heavy atom. The zero-order valence-electron chi connectivity index (χ0n) is 13.4. The maximum absolute atomic E-state index is 9.76. The molecule has 0 fully saturated rings. The zero-order chi connectivity index (χ0) is 19.5. The molecular weight excluding hydrogens is 363 g/mol. The number of hydrogen-bond acceptors (Lipinski definition) is 8. The first-order valence-electron chi connectivity index (χ1n) is 6.83. The maximum atomic E-state index is 9.76. The average molecular weight is 380 g/mol. The fraction of sp³-hybridized carbons (Fsp3) is 0.0714. The minimum absolute atomic E-state index is 1.09. The maximum Gasteiger partial charge on any atom is 0.336 e. The molecule has 0 spiro atoms. The lowest BCUT2D eigenvalue weighted by Crippen LogP contribution is -2.01. The van der Waals surface area contributed by atoms with E-state index in [1.54, 1.807) is 37.2 Å². The lowest BCUT2D eigenvalue weighted by Gasteiger charge is -1.95. The van der Waals surface area contributed by atoms with E-state index < -0.39 is 19.7 Å². The highest BCUT2D eigenvalue weighted by Crippen LogP contribution is 2.33. The van der Waals surface area contributed by atoms with Crippen molar-refractivity contribution in [2.24, 2.45) is 0 Å². The smallest absolute Gasteiger partial charge is 0.336 e. The minimum Gasteiger partial charge on any atom is -0.481 e. The van der Waals surface area contributed by atoms with Crippen molar-refractivity contribution in [1.82, 2.24) is 30.6 Å². The number of aliphatic carboxylic acids is 1. The van der Waals surface area contributed by atoms with Crippen LogP contribution in [0.4, 0.5) is 0 Å². The average Bonchev–Trinajstić information content (AvgIpc) is 2.65. The molecule has 0 aliphatic carbocycles. The Morgan fingerprint density at radius 3 is 0.923 bits per heavy atom. The summed E-state index contributed by atoms with van der Waals surface area (Å²) in [5.74, 6) is -1.49. The fourth-order valence-electron chi connectivity index (χ4n) is 0.936. The highest BCUT2D eigenvalue weighted by Gasteiger charge is 2.17. The molecule has 0 aliphatic heterocycles. The molecule has 3 N–H and O–H groups in total. The Hall–Kier alpha value is -3.14. The standard InChI is InChI=1S/3C4H4N2.C2H5O5P/c3*1-2-4-6-5-3-1;3-2(4)1-8(5,6)7/h3*1-4H;1H2,(H,3,4)(H2,5,6,7). The van der Waals surface area contributed by atoms with E-state index in [1.165, 1.54) is 0 Å². The van der Waals surface area contributed by atoms with Crippen LogP contribution in [0, 0.1) is 0 Å². The molecule has 0 aliphatic rings. The molecule has 12 heteroatoms. The van der Waals surface area contributed by atoms with Crippen LogP contribution in [-0.2, 0) is 9.36 Å². The van der Waals surface area contributed by atoms with Gasteiger partial charge in [-0.25, -0.2) is 0 Å². The molecule has 3 aromatic rings. The van der Waals surface area contributed by atoms with Crippen molar-refractivity contribution in [3.8, 4) is 0 Å². The van der Waals surface area contributed by atoms with Gasteiger partial charge in [-0.3, -0.25) is 9.36 Å². The van der Waals surface area contributed by atoms with E-state index in [9.17, 15) is 9.36 Å². The first-order valence-corrected chi connectivity index (χ1v) is 8.63. The number of aromatic nitrogens is 6. The van der Waals surface area contributed by atoms with Crippen molar-refractivity contribution in [2.75, 3.05) is 6.16 Å². The van der Waals surface area contributed by atoms with Crippen molar-refractivity contribution < 1.29 is 24.3 Å². The molecule has 138 valence electrons. The Balaban J connectivity index is 0.000000322. The second-order valence-electron chi connectivity index (χ2n) is 3.96. The van der Waals surface area contributed by atoms with Gasteiger partial charge in [0.2, 0.25) is 0 Å². The monoisotopic (exact) mass is 380 g/mol. The van der Waals surface area contributed by atoms with E-state index >= 15 is 0 Å². The van der Waals surface area contributed by atoms with Gasteiger partial charge in [0.15, 0.2) is 0 Å². The molecule has 26 heavy (non-hydrogen) atoms. The van der Waals surface area contributed by atoms with Crippen LogP contribution in [0.15, 0.2) is 73.6 Å². The van der Waals surface area contributed by atoms with E-state index in [-0.39, 0.29) is 0 Å². The van der Waals surface area contributed by atoms with Crippen molar-refractivity contribution >= 4 is 13.6 Å². The molecule has 0 saturated heterocycles. The number of nitrogens with zero attached hydrogens (tertiary/aromatic N) is 6. The van der Waals surface area contributed by atoms with E-state index in [2.05, 4.69) is 30.6 Å². The number of carbonyl (C=O) groups is 1. The van der Waals surface area contributed by atoms with Crippen LogP contribution in [-0.4, -0.2) is 57.6 Å². The Kier molecular flexibility index (Phi) is 13.5. The van der Waals surface area contributed by atoms with Crippen molar-refractivity contribution in [2.45, 2.75) is 0 Å². The van der Waals surface area contributed by atoms with E-state index in [0.717, 1.165) is 0 Å². The van der Waals surface area contributed by atoms with Gasteiger partial charge >= 0.3 is 13.6 Å². The molecule has 0 amide bonds. The second-order valence-corrected chi connectivity index (χ2v) is 5.60.